The Hall–Kier alpha value is -3.15. The summed E-state index contributed by atoms with van der Waals surface area (Å²) in [5.41, 5.74) is 3.06. The summed E-state index contributed by atoms with van der Waals surface area (Å²) >= 11 is 0. The van der Waals surface area contributed by atoms with Gasteiger partial charge in [-0.1, -0.05) is 30.6 Å². The van der Waals surface area contributed by atoms with E-state index in [4.69, 9.17) is 9.26 Å². The molecule has 1 saturated heterocycles. The first-order chi connectivity index (χ1) is 14.2. The molecule has 0 saturated carbocycles. The van der Waals surface area contributed by atoms with Crippen molar-refractivity contribution in [3.05, 3.63) is 59.9 Å². The van der Waals surface area contributed by atoms with Crippen molar-refractivity contribution < 1.29 is 14.1 Å². The van der Waals surface area contributed by atoms with Crippen molar-refractivity contribution in [2.24, 2.45) is 0 Å². The molecule has 2 heterocycles. The molecule has 2 aromatic carbocycles. The number of aryl methyl sites for hydroxylation is 1. The topological polar surface area (TPSA) is 68.5 Å². The number of hydrogen-bond donors (Lipinski definition) is 0. The highest BCUT2D eigenvalue weighted by molar-refractivity contribution is 5.96. The van der Waals surface area contributed by atoms with E-state index < -0.39 is 0 Å². The number of nitrogens with zero attached hydrogens (tertiary/aromatic N) is 3. The molecule has 6 heteroatoms. The highest BCUT2D eigenvalue weighted by Crippen LogP contribution is 2.32. The van der Waals surface area contributed by atoms with Crippen LogP contribution in [-0.4, -0.2) is 29.7 Å². The lowest BCUT2D eigenvalue weighted by Crippen LogP contribution is -2.24. The predicted molar refractivity (Wildman–Crippen MR) is 111 cm³/mol. The Labute approximate surface area is 170 Å². The van der Waals surface area contributed by atoms with Gasteiger partial charge < -0.3 is 14.2 Å². The van der Waals surface area contributed by atoms with E-state index in [1.807, 2.05) is 41.3 Å². The summed E-state index contributed by atoms with van der Waals surface area (Å²) in [5.74, 6) is 1.82. The maximum absolute atomic E-state index is 12.6. The van der Waals surface area contributed by atoms with Crippen LogP contribution in [0.3, 0.4) is 0 Å². The van der Waals surface area contributed by atoms with Gasteiger partial charge in [-0.05, 0) is 54.8 Å². The Morgan fingerprint density at radius 3 is 2.59 bits per heavy atom. The molecule has 4 rings (SSSR count). The fourth-order valence-corrected chi connectivity index (χ4v) is 3.61. The van der Waals surface area contributed by atoms with Gasteiger partial charge in [-0.15, -0.1) is 0 Å². The SMILES string of the molecule is CCCCc1ccc(N2CC(c3noc(-c4ccc(OC)cc4)n3)CC2=O)cc1. The van der Waals surface area contributed by atoms with Crippen LogP contribution in [0, 0.1) is 0 Å². The molecular weight excluding hydrogens is 366 g/mol. The van der Waals surface area contributed by atoms with E-state index in [0.29, 0.717) is 24.7 Å². The van der Waals surface area contributed by atoms with Crippen LogP contribution in [0.4, 0.5) is 5.69 Å². The first kappa shape index (κ1) is 19.2. The van der Waals surface area contributed by atoms with Crippen molar-refractivity contribution >= 4 is 11.6 Å². The fourth-order valence-electron chi connectivity index (χ4n) is 3.61. The third kappa shape index (κ3) is 4.16. The lowest BCUT2D eigenvalue weighted by molar-refractivity contribution is -0.117. The molecule has 150 valence electrons. The van der Waals surface area contributed by atoms with E-state index in [2.05, 4.69) is 29.2 Å². The summed E-state index contributed by atoms with van der Waals surface area (Å²) in [6.45, 7) is 2.75. The number of amides is 1. The van der Waals surface area contributed by atoms with Crippen molar-refractivity contribution in [3.8, 4) is 17.2 Å². The Bertz CT molecular complexity index is 964. The lowest BCUT2D eigenvalue weighted by Gasteiger charge is -2.16. The van der Waals surface area contributed by atoms with Gasteiger partial charge in [-0.25, -0.2) is 0 Å². The van der Waals surface area contributed by atoms with Crippen LogP contribution in [0.1, 0.15) is 43.5 Å². The van der Waals surface area contributed by atoms with E-state index in [9.17, 15) is 4.79 Å². The zero-order valence-corrected chi connectivity index (χ0v) is 16.8. The molecular formula is C23H25N3O3. The van der Waals surface area contributed by atoms with Gasteiger partial charge >= 0.3 is 0 Å². The normalized spacial score (nSPS) is 16.4. The summed E-state index contributed by atoms with van der Waals surface area (Å²) in [6, 6.07) is 15.7. The zero-order chi connectivity index (χ0) is 20.2. The standard InChI is InChI=1S/C23H25N3O3/c1-3-4-5-16-6-10-19(11-7-16)26-15-18(14-21(26)27)22-24-23(29-25-22)17-8-12-20(28-2)13-9-17/h6-13,18H,3-5,14-15H2,1-2H3. The van der Waals surface area contributed by atoms with Gasteiger partial charge in [0.25, 0.3) is 5.89 Å². The number of hydrogen-bond acceptors (Lipinski definition) is 5. The maximum atomic E-state index is 12.6. The number of rotatable bonds is 7. The zero-order valence-electron chi connectivity index (χ0n) is 16.8. The van der Waals surface area contributed by atoms with Crippen molar-refractivity contribution in [2.75, 3.05) is 18.6 Å². The molecule has 0 spiro atoms. The molecule has 1 atom stereocenters. The summed E-state index contributed by atoms with van der Waals surface area (Å²) in [4.78, 5) is 18.9. The number of ether oxygens (including phenoxy) is 1. The molecule has 6 nitrogen and oxygen atoms in total. The van der Waals surface area contributed by atoms with Crippen LogP contribution < -0.4 is 9.64 Å². The van der Waals surface area contributed by atoms with Crippen molar-refractivity contribution in [3.63, 3.8) is 0 Å². The minimum absolute atomic E-state index is 0.0713. The molecule has 1 aromatic heterocycles. The number of aromatic nitrogens is 2. The molecule has 1 fully saturated rings. The average molecular weight is 391 g/mol. The van der Waals surface area contributed by atoms with E-state index in [1.165, 1.54) is 18.4 Å². The number of anilines is 1. The summed E-state index contributed by atoms with van der Waals surface area (Å²) < 4.78 is 10.6. The average Bonchev–Trinajstić information content (AvgIpc) is 3.40. The number of methoxy groups -OCH3 is 1. The Morgan fingerprint density at radius 1 is 1.14 bits per heavy atom. The maximum Gasteiger partial charge on any atom is 0.257 e. The van der Waals surface area contributed by atoms with Gasteiger partial charge in [0.05, 0.1) is 7.11 Å². The Kier molecular flexibility index (Phi) is 5.60. The minimum Gasteiger partial charge on any atom is -0.497 e. The number of unbranched alkanes of at least 4 members (excludes halogenated alkanes) is 1. The quantitative estimate of drug-likeness (QED) is 0.588. The molecule has 0 radical (unpaired) electrons. The number of carbonyl (C=O) groups is 1. The van der Waals surface area contributed by atoms with Gasteiger partial charge in [0, 0.05) is 30.1 Å². The fraction of sp³-hybridized carbons (Fsp3) is 0.348. The van der Waals surface area contributed by atoms with Gasteiger partial charge in [0.2, 0.25) is 5.91 Å². The lowest BCUT2D eigenvalue weighted by atomic mass is 10.1. The van der Waals surface area contributed by atoms with Crippen molar-refractivity contribution in [1.29, 1.82) is 0 Å². The minimum atomic E-state index is -0.0713. The number of benzene rings is 2. The highest BCUT2D eigenvalue weighted by atomic mass is 16.5. The van der Waals surface area contributed by atoms with Crippen LogP contribution in [0.5, 0.6) is 5.75 Å². The molecule has 0 N–H and O–H groups in total. The first-order valence-electron chi connectivity index (χ1n) is 10.0. The third-order valence-corrected chi connectivity index (χ3v) is 5.34. The van der Waals surface area contributed by atoms with Crippen LogP contribution in [0.2, 0.25) is 0 Å². The first-order valence-corrected chi connectivity index (χ1v) is 10.0. The monoisotopic (exact) mass is 391 g/mol. The summed E-state index contributed by atoms with van der Waals surface area (Å²) in [5, 5.41) is 4.13. The van der Waals surface area contributed by atoms with Gasteiger partial charge in [0.15, 0.2) is 5.82 Å². The van der Waals surface area contributed by atoms with Gasteiger partial charge in [-0.2, -0.15) is 4.98 Å². The van der Waals surface area contributed by atoms with Gasteiger partial charge in [-0.3, -0.25) is 4.79 Å². The molecule has 1 aliphatic rings. The second-order valence-corrected chi connectivity index (χ2v) is 7.36. The smallest absolute Gasteiger partial charge is 0.257 e. The summed E-state index contributed by atoms with van der Waals surface area (Å²) in [6.07, 6.45) is 3.82. The molecule has 1 aliphatic heterocycles. The highest BCUT2D eigenvalue weighted by Gasteiger charge is 2.34. The second-order valence-electron chi connectivity index (χ2n) is 7.36. The molecule has 29 heavy (non-hydrogen) atoms. The van der Waals surface area contributed by atoms with E-state index in [-0.39, 0.29) is 11.8 Å². The van der Waals surface area contributed by atoms with Crippen LogP contribution in [0.25, 0.3) is 11.5 Å². The van der Waals surface area contributed by atoms with E-state index >= 15 is 0 Å². The Balaban J connectivity index is 1.46. The molecule has 0 bridgehead atoms. The molecule has 0 aliphatic carbocycles. The molecule has 1 unspecified atom stereocenters. The third-order valence-electron chi connectivity index (χ3n) is 5.34. The molecule has 3 aromatic rings. The largest absolute Gasteiger partial charge is 0.497 e. The van der Waals surface area contributed by atoms with Crippen LogP contribution >= 0.6 is 0 Å². The predicted octanol–water partition coefficient (Wildman–Crippen LogP) is 4.61. The number of carbonyl (C=O) groups excluding carboxylic acids is 1. The van der Waals surface area contributed by atoms with Crippen LogP contribution in [0.15, 0.2) is 53.1 Å². The van der Waals surface area contributed by atoms with E-state index in [1.54, 1.807) is 7.11 Å². The van der Waals surface area contributed by atoms with Crippen molar-refractivity contribution in [1.82, 2.24) is 10.1 Å². The van der Waals surface area contributed by atoms with Crippen molar-refractivity contribution in [2.45, 2.75) is 38.5 Å². The van der Waals surface area contributed by atoms with Crippen LogP contribution in [-0.2, 0) is 11.2 Å². The summed E-state index contributed by atoms with van der Waals surface area (Å²) in [7, 11) is 1.63. The second kappa shape index (κ2) is 8.47. The van der Waals surface area contributed by atoms with Gasteiger partial charge in [0.1, 0.15) is 5.75 Å². The molecule has 1 amide bonds. The van der Waals surface area contributed by atoms with E-state index in [0.717, 1.165) is 23.4 Å². The Morgan fingerprint density at radius 2 is 1.90 bits per heavy atom.